The monoisotopic (exact) mass is 164 g/mol. The number of rotatable bonds is 4. The number of hydrogen-bond donors (Lipinski definition) is 1. The molecule has 0 spiro atoms. The molecule has 0 amide bonds. The maximum Gasteiger partial charge on any atom is 0.138 e. The van der Waals surface area contributed by atoms with Crippen LogP contribution in [0.25, 0.3) is 6.08 Å². The van der Waals surface area contributed by atoms with E-state index < -0.39 is 0 Å². The molecule has 0 unspecified atom stereocenters. The van der Waals surface area contributed by atoms with Crippen LogP contribution < -0.4 is 10.5 Å². The summed E-state index contributed by atoms with van der Waals surface area (Å²) in [6.07, 6.45) is 5.10. The van der Waals surface area contributed by atoms with E-state index in [0.717, 1.165) is 11.3 Å². The molecule has 3 nitrogen and oxygen atoms in total. The van der Waals surface area contributed by atoms with Crippen molar-refractivity contribution in [3.05, 3.63) is 30.6 Å². The molecule has 0 aliphatic carbocycles. The van der Waals surface area contributed by atoms with E-state index in [-0.39, 0.29) is 0 Å². The number of nitrogens with two attached hydrogens (primary N) is 1. The summed E-state index contributed by atoms with van der Waals surface area (Å²) in [5, 5.41) is 0. The molecule has 0 aromatic carbocycles. The second kappa shape index (κ2) is 4.51. The van der Waals surface area contributed by atoms with Crippen molar-refractivity contribution in [2.24, 2.45) is 5.73 Å². The lowest BCUT2D eigenvalue weighted by Crippen LogP contribution is -2.10. The van der Waals surface area contributed by atoms with E-state index in [9.17, 15) is 0 Å². The summed E-state index contributed by atoms with van der Waals surface area (Å²) < 4.78 is 5.26. The van der Waals surface area contributed by atoms with E-state index in [0.29, 0.717) is 13.2 Å². The van der Waals surface area contributed by atoms with Gasteiger partial charge in [0.05, 0.1) is 6.20 Å². The Bertz CT molecular complexity index is 260. The van der Waals surface area contributed by atoms with E-state index in [1.807, 2.05) is 6.07 Å². The summed E-state index contributed by atoms with van der Waals surface area (Å²) in [5.41, 5.74) is 6.23. The number of ether oxygens (including phenoxy) is 1. The Morgan fingerprint density at radius 3 is 3.08 bits per heavy atom. The lowest BCUT2D eigenvalue weighted by Gasteiger charge is -2.03. The molecule has 0 saturated heterocycles. The summed E-state index contributed by atoms with van der Waals surface area (Å²) in [4.78, 5) is 3.97. The van der Waals surface area contributed by atoms with Crippen molar-refractivity contribution >= 4 is 6.08 Å². The second-order valence-electron chi connectivity index (χ2n) is 2.30. The number of nitrogens with zero attached hydrogens (tertiary/aromatic N) is 1. The second-order valence-corrected chi connectivity index (χ2v) is 2.30. The van der Waals surface area contributed by atoms with Crippen molar-refractivity contribution in [1.82, 2.24) is 4.98 Å². The molecule has 0 atom stereocenters. The number of hydrogen-bond acceptors (Lipinski definition) is 3. The lowest BCUT2D eigenvalue weighted by atomic mass is 10.3. The standard InChI is InChI=1S/C9H12N2O/c1-2-8-5-9(7-11-6-8)12-4-3-10/h2,5-7H,1,3-4,10H2. The molecule has 1 aromatic rings. The van der Waals surface area contributed by atoms with Crippen LogP contribution in [0.1, 0.15) is 5.56 Å². The summed E-state index contributed by atoms with van der Waals surface area (Å²) >= 11 is 0. The van der Waals surface area contributed by atoms with Crippen molar-refractivity contribution in [3.63, 3.8) is 0 Å². The van der Waals surface area contributed by atoms with Crippen LogP contribution in [-0.2, 0) is 0 Å². The van der Waals surface area contributed by atoms with E-state index in [2.05, 4.69) is 11.6 Å². The fourth-order valence-electron chi connectivity index (χ4n) is 0.803. The van der Waals surface area contributed by atoms with Gasteiger partial charge in [-0.3, -0.25) is 4.98 Å². The third kappa shape index (κ3) is 2.36. The molecule has 0 saturated carbocycles. The predicted molar refractivity (Wildman–Crippen MR) is 48.9 cm³/mol. The van der Waals surface area contributed by atoms with Crippen molar-refractivity contribution in [2.75, 3.05) is 13.2 Å². The van der Waals surface area contributed by atoms with Crippen LogP contribution >= 0.6 is 0 Å². The summed E-state index contributed by atoms with van der Waals surface area (Å²) in [6.45, 7) is 4.66. The van der Waals surface area contributed by atoms with Gasteiger partial charge in [0.1, 0.15) is 12.4 Å². The first-order valence-corrected chi connectivity index (χ1v) is 3.77. The highest BCUT2D eigenvalue weighted by molar-refractivity contribution is 5.47. The molecule has 0 radical (unpaired) electrons. The summed E-state index contributed by atoms with van der Waals surface area (Å²) in [7, 11) is 0. The quantitative estimate of drug-likeness (QED) is 0.723. The highest BCUT2D eigenvalue weighted by Crippen LogP contribution is 2.11. The summed E-state index contributed by atoms with van der Waals surface area (Å²) in [5.74, 6) is 0.734. The fraction of sp³-hybridized carbons (Fsp3) is 0.222. The molecule has 3 heteroatoms. The van der Waals surface area contributed by atoms with Gasteiger partial charge < -0.3 is 10.5 Å². The Kier molecular flexibility index (Phi) is 3.29. The highest BCUT2D eigenvalue weighted by Gasteiger charge is 1.93. The minimum Gasteiger partial charge on any atom is -0.491 e. The third-order valence-corrected chi connectivity index (χ3v) is 1.36. The molecule has 1 heterocycles. The van der Waals surface area contributed by atoms with Crippen LogP contribution in [0.5, 0.6) is 5.75 Å². The maximum atomic E-state index is 5.28. The molecule has 12 heavy (non-hydrogen) atoms. The number of aromatic nitrogens is 1. The Morgan fingerprint density at radius 2 is 2.42 bits per heavy atom. The molecular weight excluding hydrogens is 152 g/mol. The van der Waals surface area contributed by atoms with Gasteiger partial charge in [0, 0.05) is 12.7 Å². The minimum atomic E-state index is 0.512. The van der Waals surface area contributed by atoms with Crippen molar-refractivity contribution in [1.29, 1.82) is 0 Å². The van der Waals surface area contributed by atoms with Crippen LogP contribution in [-0.4, -0.2) is 18.1 Å². The normalized spacial score (nSPS) is 9.42. The van der Waals surface area contributed by atoms with E-state index in [4.69, 9.17) is 10.5 Å². The van der Waals surface area contributed by atoms with Crippen molar-refractivity contribution < 1.29 is 4.74 Å². The first-order chi connectivity index (χ1) is 5.86. The SMILES string of the molecule is C=Cc1cncc(OCCN)c1. The van der Waals surface area contributed by atoms with Gasteiger partial charge >= 0.3 is 0 Å². The zero-order chi connectivity index (χ0) is 8.81. The van der Waals surface area contributed by atoms with Gasteiger partial charge in [-0.2, -0.15) is 0 Å². The Labute approximate surface area is 71.9 Å². The highest BCUT2D eigenvalue weighted by atomic mass is 16.5. The minimum absolute atomic E-state index is 0.512. The first kappa shape index (κ1) is 8.74. The Hall–Kier alpha value is -1.35. The van der Waals surface area contributed by atoms with Crippen LogP contribution in [0.3, 0.4) is 0 Å². The van der Waals surface area contributed by atoms with Gasteiger partial charge in [-0.05, 0) is 11.6 Å². The first-order valence-electron chi connectivity index (χ1n) is 3.77. The van der Waals surface area contributed by atoms with Crippen molar-refractivity contribution in [3.8, 4) is 5.75 Å². The molecule has 0 aliphatic heterocycles. The average molecular weight is 164 g/mol. The van der Waals surface area contributed by atoms with Gasteiger partial charge in [-0.25, -0.2) is 0 Å². The zero-order valence-electron chi connectivity index (χ0n) is 6.86. The van der Waals surface area contributed by atoms with Gasteiger partial charge in [-0.1, -0.05) is 12.7 Å². The molecule has 0 aliphatic rings. The molecule has 1 aromatic heterocycles. The van der Waals surface area contributed by atoms with Crippen molar-refractivity contribution in [2.45, 2.75) is 0 Å². The molecule has 0 fully saturated rings. The van der Waals surface area contributed by atoms with Gasteiger partial charge in [0.15, 0.2) is 0 Å². The van der Waals surface area contributed by atoms with E-state index >= 15 is 0 Å². The van der Waals surface area contributed by atoms with Gasteiger partial charge in [0.2, 0.25) is 0 Å². The predicted octanol–water partition coefficient (Wildman–Crippen LogP) is 1.06. The van der Waals surface area contributed by atoms with Crippen LogP contribution in [0, 0.1) is 0 Å². The van der Waals surface area contributed by atoms with Gasteiger partial charge in [-0.15, -0.1) is 0 Å². The summed E-state index contributed by atoms with van der Waals surface area (Å²) in [6, 6.07) is 1.87. The molecule has 1 rings (SSSR count). The fourth-order valence-corrected chi connectivity index (χ4v) is 0.803. The zero-order valence-corrected chi connectivity index (χ0v) is 6.86. The topological polar surface area (TPSA) is 48.1 Å². The van der Waals surface area contributed by atoms with Crippen LogP contribution in [0.2, 0.25) is 0 Å². The average Bonchev–Trinajstić information content (AvgIpc) is 2.15. The molecule has 64 valence electrons. The third-order valence-electron chi connectivity index (χ3n) is 1.36. The largest absolute Gasteiger partial charge is 0.491 e. The molecule has 2 N–H and O–H groups in total. The number of pyridine rings is 1. The van der Waals surface area contributed by atoms with E-state index in [1.54, 1.807) is 18.5 Å². The molecule has 0 bridgehead atoms. The smallest absolute Gasteiger partial charge is 0.138 e. The lowest BCUT2D eigenvalue weighted by molar-refractivity contribution is 0.327. The Balaban J connectivity index is 2.66. The van der Waals surface area contributed by atoms with Crippen LogP contribution in [0.4, 0.5) is 0 Å². The Morgan fingerprint density at radius 1 is 1.58 bits per heavy atom. The molecular formula is C9H12N2O. The van der Waals surface area contributed by atoms with E-state index in [1.165, 1.54) is 0 Å². The maximum absolute atomic E-state index is 5.28. The van der Waals surface area contributed by atoms with Gasteiger partial charge in [0.25, 0.3) is 0 Å². The van der Waals surface area contributed by atoms with Crippen LogP contribution in [0.15, 0.2) is 25.0 Å².